The van der Waals surface area contributed by atoms with Crippen LogP contribution in [0, 0.1) is 17.6 Å². The highest BCUT2D eigenvalue weighted by Gasteiger charge is 2.26. The molecule has 0 saturated carbocycles. The second kappa shape index (κ2) is 7.16. The van der Waals surface area contributed by atoms with E-state index >= 15 is 0 Å². The number of hydrogen-bond donors (Lipinski definition) is 0. The van der Waals surface area contributed by atoms with E-state index in [2.05, 4.69) is 0 Å². The van der Waals surface area contributed by atoms with Crippen molar-refractivity contribution in [2.75, 3.05) is 13.2 Å². The lowest BCUT2D eigenvalue weighted by atomic mass is 10.2. The first kappa shape index (κ1) is 15.5. The maximum atomic E-state index is 11.9. The van der Waals surface area contributed by atoms with Crippen molar-refractivity contribution >= 4 is 35.0 Å². The third kappa shape index (κ3) is 3.49. The molecule has 0 bridgehead atoms. The van der Waals surface area contributed by atoms with Crippen molar-refractivity contribution < 1.29 is 19.1 Å². The minimum atomic E-state index is -0.524. The van der Waals surface area contributed by atoms with Crippen LogP contribution in [0.15, 0.2) is 4.21 Å². The van der Waals surface area contributed by atoms with Crippen molar-refractivity contribution in [2.24, 2.45) is 0 Å². The third-order valence-corrected chi connectivity index (χ3v) is 4.24. The monoisotopic (exact) mass is 299 g/mol. The number of thioether (sulfide) groups is 1. The first-order valence-electron chi connectivity index (χ1n) is 5.60. The molecule has 1 aromatic rings. The number of carbonyl (C=O) groups excluding carboxylic acids is 2. The predicted molar refractivity (Wildman–Crippen MR) is 72.4 cm³/mol. The van der Waals surface area contributed by atoms with E-state index in [9.17, 15) is 9.59 Å². The number of esters is 2. The van der Waals surface area contributed by atoms with E-state index in [-0.39, 0.29) is 18.8 Å². The average Bonchev–Trinajstić information content (AvgIpc) is 2.67. The van der Waals surface area contributed by atoms with E-state index in [1.54, 1.807) is 20.8 Å². The zero-order chi connectivity index (χ0) is 14.4. The van der Waals surface area contributed by atoms with Gasteiger partial charge in [0.25, 0.3) is 0 Å². The van der Waals surface area contributed by atoms with Gasteiger partial charge in [-0.3, -0.25) is 0 Å². The summed E-state index contributed by atoms with van der Waals surface area (Å²) in [6.07, 6.45) is 0. The summed E-state index contributed by atoms with van der Waals surface area (Å²) in [5, 5.41) is 10.6. The predicted octanol–water partition coefficient (Wildman–Crippen LogP) is 2.98. The Balaban J connectivity index is 3.24. The van der Waals surface area contributed by atoms with Gasteiger partial charge in [-0.05, 0) is 26.3 Å². The maximum Gasteiger partial charge on any atom is 0.348 e. The van der Waals surface area contributed by atoms with Crippen LogP contribution in [0.1, 0.15) is 39.4 Å². The van der Waals surface area contributed by atoms with Crippen molar-refractivity contribution in [2.45, 2.75) is 25.0 Å². The van der Waals surface area contributed by atoms with Gasteiger partial charge in [-0.1, -0.05) is 0 Å². The second-order valence-electron chi connectivity index (χ2n) is 3.35. The van der Waals surface area contributed by atoms with Gasteiger partial charge in [0.05, 0.1) is 23.0 Å². The topological polar surface area (TPSA) is 76.4 Å². The fourth-order valence-corrected chi connectivity index (χ4v) is 3.30. The first-order valence-corrected chi connectivity index (χ1v) is 7.23. The van der Waals surface area contributed by atoms with E-state index in [0.29, 0.717) is 14.6 Å². The molecule has 0 aliphatic rings. The molecule has 19 heavy (non-hydrogen) atoms. The van der Waals surface area contributed by atoms with Crippen LogP contribution in [0.2, 0.25) is 0 Å². The third-order valence-electron chi connectivity index (χ3n) is 2.19. The summed E-state index contributed by atoms with van der Waals surface area (Å²) in [6.45, 7) is 5.54. The Morgan fingerprint density at radius 2 is 1.84 bits per heavy atom. The summed E-state index contributed by atoms with van der Waals surface area (Å²) in [5.74, 6) is -1.01. The largest absolute Gasteiger partial charge is 0.462 e. The lowest BCUT2D eigenvalue weighted by molar-refractivity contribution is 0.0522. The molecule has 0 aliphatic carbocycles. The SMILES string of the molecule is CCOC(=O)c1sc(SC#N)c(C(=O)OCC)c1C. The van der Waals surface area contributed by atoms with Crippen molar-refractivity contribution in [3.63, 3.8) is 0 Å². The molecule has 1 aromatic heterocycles. The molecule has 0 unspecified atom stereocenters. The van der Waals surface area contributed by atoms with Crippen LogP contribution in [0.4, 0.5) is 0 Å². The molecule has 7 heteroatoms. The number of carbonyl (C=O) groups is 2. The molecule has 0 saturated heterocycles. The smallest absolute Gasteiger partial charge is 0.348 e. The van der Waals surface area contributed by atoms with Gasteiger partial charge >= 0.3 is 11.9 Å². The van der Waals surface area contributed by atoms with Gasteiger partial charge in [0.15, 0.2) is 0 Å². The molecule has 0 fully saturated rings. The lowest BCUT2D eigenvalue weighted by Gasteiger charge is -2.03. The van der Waals surface area contributed by atoms with E-state index in [0.717, 1.165) is 23.1 Å². The maximum absolute atomic E-state index is 11.9. The Morgan fingerprint density at radius 3 is 2.37 bits per heavy atom. The summed E-state index contributed by atoms with van der Waals surface area (Å²) >= 11 is 1.92. The molecule has 0 N–H and O–H groups in total. The molecule has 0 aliphatic heterocycles. The van der Waals surface area contributed by atoms with Crippen molar-refractivity contribution in [3.8, 4) is 5.40 Å². The number of thiophene rings is 1. The molecular weight excluding hydrogens is 286 g/mol. The van der Waals surface area contributed by atoms with Crippen molar-refractivity contribution in [3.05, 3.63) is 16.0 Å². The number of thiocyanates is 1. The molecule has 0 spiro atoms. The zero-order valence-electron chi connectivity index (χ0n) is 10.8. The van der Waals surface area contributed by atoms with Gasteiger partial charge in [0.1, 0.15) is 10.3 Å². The lowest BCUT2D eigenvalue weighted by Crippen LogP contribution is -2.08. The van der Waals surface area contributed by atoms with Crippen molar-refractivity contribution in [1.82, 2.24) is 0 Å². The van der Waals surface area contributed by atoms with E-state index in [4.69, 9.17) is 14.7 Å². The molecule has 0 atom stereocenters. The quantitative estimate of drug-likeness (QED) is 0.472. The number of ether oxygens (including phenoxy) is 2. The molecular formula is C12H13NO4S2. The van der Waals surface area contributed by atoms with Crippen LogP contribution in [0.25, 0.3) is 0 Å². The van der Waals surface area contributed by atoms with Crippen LogP contribution in [-0.2, 0) is 9.47 Å². The van der Waals surface area contributed by atoms with E-state index in [1.165, 1.54) is 0 Å². The molecule has 5 nitrogen and oxygen atoms in total. The summed E-state index contributed by atoms with van der Waals surface area (Å²) in [4.78, 5) is 24.0. The van der Waals surface area contributed by atoms with Crippen LogP contribution in [0.3, 0.4) is 0 Å². The van der Waals surface area contributed by atoms with E-state index < -0.39 is 11.9 Å². The first-order chi connectivity index (χ1) is 9.06. The van der Waals surface area contributed by atoms with Gasteiger partial charge in [-0.2, -0.15) is 5.26 Å². The van der Waals surface area contributed by atoms with Crippen LogP contribution in [-0.4, -0.2) is 25.2 Å². The Morgan fingerprint density at radius 1 is 1.26 bits per heavy atom. The molecule has 1 heterocycles. The van der Waals surface area contributed by atoms with Gasteiger partial charge < -0.3 is 9.47 Å². The van der Waals surface area contributed by atoms with Gasteiger partial charge in [-0.15, -0.1) is 11.3 Å². The summed E-state index contributed by atoms with van der Waals surface area (Å²) in [7, 11) is 0. The minimum absolute atomic E-state index is 0.236. The Kier molecular flexibility index (Phi) is 5.86. The second-order valence-corrected chi connectivity index (χ2v) is 5.43. The van der Waals surface area contributed by atoms with Gasteiger partial charge in [0.2, 0.25) is 0 Å². The zero-order valence-corrected chi connectivity index (χ0v) is 12.4. The molecule has 1 rings (SSSR count). The Labute approximate surface area is 119 Å². The number of rotatable bonds is 5. The highest BCUT2D eigenvalue weighted by Crippen LogP contribution is 2.36. The van der Waals surface area contributed by atoms with Gasteiger partial charge in [-0.25, -0.2) is 9.59 Å². The number of nitrogens with zero attached hydrogens (tertiary/aromatic N) is 1. The Hall–Kier alpha value is -1.52. The fraction of sp³-hybridized carbons (Fsp3) is 0.417. The Bertz CT molecular complexity index is 531. The molecule has 0 amide bonds. The summed E-state index contributed by atoms with van der Waals surface area (Å²) in [5.41, 5.74) is 0.779. The summed E-state index contributed by atoms with van der Waals surface area (Å²) < 4.78 is 10.3. The number of nitriles is 1. The summed E-state index contributed by atoms with van der Waals surface area (Å²) in [6, 6.07) is 0. The molecule has 0 aromatic carbocycles. The molecule has 0 radical (unpaired) electrons. The average molecular weight is 299 g/mol. The fourth-order valence-electron chi connectivity index (χ4n) is 1.43. The van der Waals surface area contributed by atoms with Crippen LogP contribution < -0.4 is 0 Å². The van der Waals surface area contributed by atoms with Crippen LogP contribution >= 0.6 is 23.1 Å². The van der Waals surface area contributed by atoms with Crippen molar-refractivity contribution in [1.29, 1.82) is 5.26 Å². The normalized spacial score (nSPS) is 9.79. The molecule has 102 valence electrons. The van der Waals surface area contributed by atoms with Gasteiger partial charge in [0, 0.05) is 11.8 Å². The minimum Gasteiger partial charge on any atom is -0.462 e. The van der Waals surface area contributed by atoms with E-state index in [1.807, 2.05) is 5.40 Å². The number of hydrogen-bond acceptors (Lipinski definition) is 7. The highest BCUT2D eigenvalue weighted by molar-refractivity contribution is 8.05. The van der Waals surface area contributed by atoms with Crippen LogP contribution in [0.5, 0.6) is 0 Å². The standard InChI is InChI=1S/C12H13NO4S2/c1-4-16-10(14)8-7(3)9(11(15)17-5-2)19-12(8)18-6-13/h4-5H2,1-3H3. The highest BCUT2D eigenvalue weighted by atomic mass is 32.2.